The molecule has 5 atom stereocenters. The molecule has 0 aromatic heterocycles. The van der Waals surface area contributed by atoms with Crippen molar-refractivity contribution in [2.75, 3.05) is 13.1 Å². The summed E-state index contributed by atoms with van der Waals surface area (Å²) in [6.45, 7) is 10.0. The highest BCUT2D eigenvalue weighted by Crippen LogP contribution is 2.12. The first-order valence-corrected chi connectivity index (χ1v) is 16.6. The van der Waals surface area contributed by atoms with Gasteiger partial charge in [-0.2, -0.15) is 0 Å². The minimum absolute atomic E-state index is 0.00112. The monoisotopic (exact) mass is 689 g/mol. The molecule has 12 N–H and O–H groups in total. The first kappa shape index (κ1) is 42.3. The Kier molecular flexibility index (Phi) is 19.0. The van der Waals surface area contributed by atoms with Crippen LogP contribution >= 0.6 is 0 Å². The average molecular weight is 690 g/mol. The molecular formula is C33H55N9O7. The first-order valence-electron chi connectivity index (χ1n) is 16.6. The van der Waals surface area contributed by atoms with Crippen LogP contribution in [0.1, 0.15) is 72.3 Å². The Hall–Kier alpha value is -4.73. The van der Waals surface area contributed by atoms with Gasteiger partial charge in [0.05, 0.1) is 12.5 Å². The van der Waals surface area contributed by atoms with E-state index in [0.29, 0.717) is 19.4 Å². The van der Waals surface area contributed by atoms with Gasteiger partial charge in [-0.05, 0) is 56.0 Å². The smallest absolute Gasteiger partial charge is 0.326 e. The molecule has 0 unspecified atom stereocenters. The number of carbonyl (C=O) groups is 6. The van der Waals surface area contributed by atoms with E-state index < -0.39 is 66.2 Å². The van der Waals surface area contributed by atoms with Crippen molar-refractivity contribution in [3.8, 4) is 0 Å². The summed E-state index contributed by atoms with van der Waals surface area (Å²) >= 11 is 0. The Bertz CT molecular complexity index is 1270. The summed E-state index contributed by atoms with van der Waals surface area (Å²) in [5, 5.41) is 23.1. The van der Waals surface area contributed by atoms with Crippen LogP contribution in [0.2, 0.25) is 0 Å². The van der Waals surface area contributed by atoms with Crippen molar-refractivity contribution in [2.24, 2.45) is 34.0 Å². The van der Waals surface area contributed by atoms with Crippen molar-refractivity contribution in [1.29, 1.82) is 0 Å². The number of guanidine groups is 1. The maximum absolute atomic E-state index is 13.7. The van der Waals surface area contributed by atoms with Gasteiger partial charge in [-0.1, -0.05) is 65.0 Å². The van der Waals surface area contributed by atoms with Gasteiger partial charge in [-0.25, -0.2) is 4.79 Å². The highest BCUT2D eigenvalue weighted by atomic mass is 16.4. The van der Waals surface area contributed by atoms with Crippen molar-refractivity contribution < 1.29 is 33.9 Å². The minimum atomic E-state index is -1.62. The fourth-order valence-corrected chi connectivity index (χ4v) is 5.02. The highest BCUT2D eigenvalue weighted by molar-refractivity contribution is 5.96. The summed E-state index contributed by atoms with van der Waals surface area (Å²) in [4.78, 5) is 80.9. The third-order valence-corrected chi connectivity index (χ3v) is 7.33. The molecule has 0 heterocycles. The van der Waals surface area contributed by atoms with Gasteiger partial charge in [0.15, 0.2) is 5.96 Å². The molecule has 5 amide bonds. The van der Waals surface area contributed by atoms with E-state index in [0.717, 1.165) is 5.56 Å². The van der Waals surface area contributed by atoms with E-state index in [4.69, 9.17) is 17.2 Å². The zero-order valence-electron chi connectivity index (χ0n) is 29.2. The number of nitrogens with two attached hydrogens (primary N) is 3. The van der Waals surface area contributed by atoms with Crippen LogP contribution < -0.4 is 43.8 Å². The third kappa shape index (κ3) is 17.3. The lowest BCUT2D eigenvalue weighted by molar-refractivity contribution is -0.143. The van der Waals surface area contributed by atoms with Crippen molar-refractivity contribution in [2.45, 2.75) is 103 Å². The summed E-state index contributed by atoms with van der Waals surface area (Å²) in [5.41, 5.74) is 16.8. The predicted molar refractivity (Wildman–Crippen MR) is 186 cm³/mol. The van der Waals surface area contributed by atoms with Crippen LogP contribution in [-0.4, -0.2) is 89.9 Å². The maximum atomic E-state index is 13.7. The molecule has 0 aliphatic rings. The second-order valence-electron chi connectivity index (χ2n) is 12.8. The largest absolute Gasteiger partial charge is 0.480 e. The van der Waals surface area contributed by atoms with E-state index in [-0.39, 0.29) is 49.5 Å². The van der Waals surface area contributed by atoms with E-state index >= 15 is 0 Å². The number of nitrogens with one attached hydrogen (secondary N) is 5. The molecule has 0 saturated carbocycles. The van der Waals surface area contributed by atoms with Gasteiger partial charge in [0.1, 0.15) is 24.2 Å². The van der Waals surface area contributed by atoms with Crippen LogP contribution in [0, 0.1) is 11.8 Å². The average Bonchev–Trinajstić information content (AvgIpc) is 3.00. The number of likely N-dealkylation sites (N-methyl/N-ethyl adjacent to an activating group) is 1. The maximum Gasteiger partial charge on any atom is 0.326 e. The van der Waals surface area contributed by atoms with Crippen molar-refractivity contribution >= 4 is 41.5 Å². The Morgan fingerprint density at radius 3 is 1.63 bits per heavy atom. The van der Waals surface area contributed by atoms with E-state index in [1.807, 2.05) is 65.0 Å². The van der Waals surface area contributed by atoms with Gasteiger partial charge in [0.2, 0.25) is 29.5 Å². The molecule has 1 aromatic carbocycles. The molecule has 16 heteroatoms. The highest BCUT2D eigenvalue weighted by Gasteiger charge is 2.33. The molecule has 274 valence electrons. The Balaban J connectivity index is 3.23. The Labute approximate surface area is 288 Å². The number of rotatable bonds is 23. The molecule has 16 nitrogen and oxygen atoms in total. The second-order valence-corrected chi connectivity index (χ2v) is 12.8. The van der Waals surface area contributed by atoms with Crippen LogP contribution in [0.4, 0.5) is 0 Å². The van der Waals surface area contributed by atoms with Crippen LogP contribution in [0.5, 0.6) is 0 Å². The van der Waals surface area contributed by atoms with Gasteiger partial charge in [0, 0.05) is 6.54 Å². The van der Waals surface area contributed by atoms with Gasteiger partial charge < -0.3 is 48.9 Å². The minimum Gasteiger partial charge on any atom is -0.480 e. The summed E-state index contributed by atoms with van der Waals surface area (Å²) in [6, 6.07) is 3.91. The molecule has 0 bridgehead atoms. The van der Waals surface area contributed by atoms with Crippen LogP contribution in [0.15, 0.2) is 35.3 Å². The molecule has 49 heavy (non-hydrogen) atoms. The lowest BCUT2D eigenvalue weighted by Gasteiger charge is -2.28. The number of aliphatic imine (C=N–C) groups is 1. The number of carbonyl (C=O) groups excluding carboxylic acids is 5. The summed E-state index contributed by atoms with van der Waals surface area (Å²) in [7, 11) is 0. The van der Waals surface area contributed by atoms with E-state index in [9.17, 15) is 33.9 Å². The van der Waals surface area contributed by atoms with Crippen molar-refractivity contribution in [3.63, 3.8) is 0 Å². The SMILES string of the molecule is CCN[C@@H](Cc1ccccc1)C(=O)N[C@@H](CC(C)C)C(=O)N[C@@H](CC(C)C)C(=O)N[C@@H](CCCN=C(N)N)C(=O)N[C@@H](CC(N)=O)C(=O)O. The number of primary amides is 1. The molecule has 0 saturated heterocycles. The number of hydrogen-bond donors (Lipinski definition) is 9. The molecule has 0 spiro atoms. The van der Waals surface area contributed by atoms with Gasteiger partial charge >= 0.3 is 5.97 Å². The normalized spacial score (nSPS) is 14.1. The predicted octanol–water partition coefficient (Wildman–Crippen LogP) is -0.748. The number of carboxylic acid groups (broad SMARTS) is 1. The van der Waals surface area contributed by atoms with Gasteiger partial charge in [0.25, 0.3) is 0 Å². The van der Waals surface area contributed by atoms with E-state index in [1.165, 1.54) is 0 Å². The number of benzene rings is 1. The Morgan fingerprint density at radius 2 is 1.18 bits per heavy atom. The third-order valence-electron chi connectivity index (χ3n) is 7.33. The van der Waals surface area contributed by atoms with Crippen LogP contribution in [-0.2, 0) is 35.2 Å². The van der Waals surface area contributed by atoms with Crippen molar-refractivity contribution in [1.82, 2.24) is 26.6 Å². The summed E-state index contributed by atoms with van der Waals surface area (Å²) in [6.07, 6.45) is 0.455. The zero-order valence-corrected chi connectivity index (χ0v) is 29.2. The number of amides is 5. The second kappa shape index (κ2) is 22.0. The number of carboxylic acids is 1. The van der Waals surface area contributed by atoms with Gasteiger partial charge in [-0.15, -0.1) is 0 Å². The Morgan fingerprint density at radius 1 is 0.714 bits per heavy atom. The number of aliphatic carboxylic acids is 1. The van der Waals surface area contributed by atoms with Crippen LogP contribution in [0.25, 0.3) is 0 Å². The quantitative estimate of drug-likeness (QED) is 0.0394. The standard InChI is InChI=1S/C33H55N9O7/c1-6-37-23(17-21-11-8-7-9-12-21)29(45)40-25(16-20(4)5)31(47)41-24(15-19(2)3)30(46)39-22(13-10-14-38-33(35)36)28(44)42-26(32(48)49)18-27(34)43/h7-9,11-12,19-20,22-26,37H,6,10,13-18H2,1-5H3,(H2,34,43)(H,39,46)(H,40,45)(H,41,47)(H,42,44)(H,48,49)(H4,35,36,38)/t22-,23-,24-,25-,26-/m0/s1. The van der Waals surface area contributed by atoms with Gasteiger partial charge in [-0.3, -0.25) is 29.0 Å². The molecular weight excluding hydrogens is 634 g/mol. The molecule has 0 aliphatic carbocycles. The number of nitrogens with zero attached hydrogens (tertiary/aromatic N) is 1. The van der Waals surface area contributed by atoms with E-state index in [1.54, 1.807) is 0 Å². The lowest BCUT2D eigenvalue weighted by Crippen LogP contribution is -2.59. The first-order chi connectivity index (χ1) is 23.0. The topological polar surface area (TPSA) is 273 Å². The fourth-order valence-electron chi connectivity index (χ4n) is 5.02. The molecule has 1 aromatic rings. The summed E-state index contributed by atoms with van der Waals surface area (Å²) < 4.78 is 0. The molecule has 1 rings (SSSR count). The zero-order chi connectivity index (χ0) is 37.1. The fraction of sp³-hybridized carbons (Fsp3) is 0.606. The van der Waals surface area contributed by atoms with E-state index in [2.05, 4.69) is 31.6 Å². The van der Waals surface area contributed by atoms with Crippen LogP contribution in [0.3, 0.4) is 0 Å². The molecule has 0 radical (unpaired) electrons. The molecule has 0 aliphatic heterocycles. The number of hydrogen-bond acceptors (Lipinski definition) is 8. The molecule has 0 fully saturated rings. The van der Waals surface area contributed by atoms with Crippen molar-refractivity contribution in [3.05, 3.63) is 35.9 Å². The lowest BCUT2D eigenvalue weighted by atomic mass is 9.98. The summed E-state index contributed by atoms with van der Waals surface area (Å²) in [5.74, 6) is -5.16.